The molecule has 0 amide bonds. The Labute approximate surface area is 44.9 Å². The van der Waals surface area contributed by atoms with Crippen LogP contribution in [0, 0.1) is 0 Å². The maximum absolute atomic E-state index is 8.28. The standard InChI is InChI=1S/C3H10B2O2/c1-3(2)4-5(6)7/h3-4,6-7H,1-2H3. The van der Waals surface area contributed by atoms with Gasteiger partial charge in [0.15, 0.2) is 7.17 Å². The van der Waals surface area contributed by atoms with Gasteiger partial charge in [-0.1, -0.05) is 19.7 Å². The minimum Gasteiger partial charge on any atom is -0.434 e. The molecule has 0 saturated carbocycles. The Morgan fingerprint density at radius 3 is 1.86 bits per heavy atom. The molecule has 0 rings (SSSR count). The van der Waals surface area contributed by atoms with Gasteiger partial charge in [-0.05, 0) is 0 Å². The van der Waals surface area contributed by atoms with Gasteiger partial charge in [-0.3, -0.25) is 0 Å². The van der Waals surface area contributed by atoms with Crippen molar-refractivity contribution < 1.29 is 10.0 Å². The summed E-state index contributed by atoms with van der Waals surface area (Å²) < 4.78 is 0. The fourth-order valence-corrected chi connectivity index (χ4v) is 0.422. The van der Waals surface area contributed by atoms with Gasteiger partial charge < -0.3 is 10.0 Å². The summed E-state index contributed by atoms with van der Waals surface area (Å²) in [6.07, 6.45) is 0. The highest BCUT2D eigenvalue weighted by molar-refractivity contribution is 7.04. The molecule has 0 aliphatic carbocycles. The fourth-order valence-electron chi connectivity index (χ4n) is 0.422. The maximum Gasteiger partial charge on any atom is 0.396 e. The van der Waals surface area contributed by atoms with Crippen LogP contribution in [-0.2, 0) is 0 Å². The van der Waals surface area contributed by atoms with E-state index in [1.807, 2.05) is 13.8 Å². The molecule has 0 saturated heterocycles. The summed E-state index contributed by atoms with van der Waals surface area (Å²) >= 11 is 0. The first-order valence-corrected chi connectivity index (χ1v) is 2.49. The average Bonchev–Trinajstić information content (AvgIpc) is 1.27. The number of rotatable bonds is 2. The molecule has 0 heterocycles. The van der Waals surface area contributed by atoms with E-state index in [4.69, 9.17) is 10.0 Å². The van der Waals surface area contributed by atoms with Crippen molar-refractivity contribution in [2.45, 2.75) is 19.7 Å². The first-order valence-electron chi connectivity index (χ1n) is 2.49. The first kappa shape index (κ1) is 7.05. The zero-order chi connectivity index (χ0) is 5.86. The van der Waals surface area contributed by atoms with E-state index in [9.17, 15) is 0 Å². The molecular formula is C3H10B2O2. The van der Waals surface area contributed by atoms with E-state index in [-0.39, 0.29) is 0 Å². The smallest absolute Gasteiger partial charge is 0.396 e. The molecule has 0 unspecified atom stereocenters. The zero-order valence-corrected chi connectivity index (χ0v) is 4.76. The van der Waals surface area contributed by atoms with Crippen molar-refractivity contribution in [2.75, 3.05) is 0 Å². The molecule has 0 atom stereocenters. The van der Waals surface area contributed by atoms with Gasteiger partial charge in [0.2, 0.25) is 0 Å². The van der Waals surface area contributed by atoms with Crippen molar-refractivity contribution in [3.05, 3.63) is 0 Å². The molecular weight excluding hydrogens is 89.7 g/mol. The summed E-state index contributed by atoms with van der Waals surface area (Å²) in [5.41, 5.74) is 0. The topological polar surface area (TPSA) is 40.5 Å². The Balaban J connectivity index is 2.95. The van der Waals surface area contributed by atoms with Crippen LogP contribution in [0.5, 0.6) is 0 Å². The Bertz CT molecular complexity index is 40.2. The van der Waals surface area contributed by atoms with E-state index in [1.54, 1.807) is 0 Å². The van der Waals surface area contributed by atoms with Gasteiger partial charge in [0, 0.05) is 0 Å². The monoisotopic (exact) mass is 100 g/mol. The van der Waals surface area contributed by atoms with E-state index in [0.29, 0.717) is 13.0 Å². The summed E-state index contributed by atoms with van der Waals surface area (Å²) in [7, 11) is -0.653. The van der Waals surface area contributed by atoms with Crippen LogP contribution in [0.25, 0.3) is 0 Å². The number of hydrogen-bond donors (Lipinski definition) is 2. The summed E-state index contributed by atoms with van der Waals surface area (Å²) in [5, 5.41) is 16.6. The Hall–Kier alpha value is 0.0499. The Morgan fingerprint density at radius 2 is 1.86 bits per heavy atom. The molecule has 2 N–H and O–H groups in total. The van der Waals surface area contributed by atoms with E-state index in [0.717, 1.165) is 0 Å². The second-order valence-corrected chi connectivity index (χ2v) is 2.11. The lowest BCUT2D eigenvalue weighted by atomic mass is 9.39. The van der Waals surface area contributed by atoms with Crippen molar-refractivity contribution in [2.24, 2.45) is 0 Å². The van der Waals surface area contributed by atoms with E-state index in [1.165, 1.54) is 0 Å². The minimum absolute atomic E-state index is 0.375. The molecule has 0 bridgehead atoms. The average molecular weight is 99.7 g/mol. The zero-order valence-electron chi connectivity index (χ0n) is 4.76. The van der Waals surface area contributed by atoms with Gasteiger partial charge in [0.05, 0.1) is 0 Å². The maximum atomic E-state index is 8.28. The van der Waals surface area contributed by atoms with Crippen molar-refractivity contribution in [3.8, 4) is 0 Å². The second kappa shape index (κ2) is 3.10. The summed E-state index contributed by atoms with van der Waals surface area (Å²) in [6, 6.07) is 0. The highest BCUT2D eigenvalue weighted by Crippen LogP contribution is 1.95. The predicted octanol–water partition coefficient (Wildman–Crippen LogP) is -0.779. The summed E-state index contributed by atoms with van der Waals surface area (Å²) in [5.74, 6) is 0.375. The fraction of sp³-hybridized carbons (Fsp3) is 1.00. The Kier molecular flexibility index (Phi) is 3.13. The van der Waals surface area contributed by atoms with Crippen LogP contribution in [0.2, 0.25) is 5.82 Å². The van der Waals surface area contributed by atoms with E-state index < -0.39 is 7.01 Å². The van der Waals surface area contributed by atoms with E-state index >= 15 is 0 Å². The van der Waals surface area contributed by atoms with Gasteiger partial charge in [-0.25, -0.2) is 0 Å². The predicted molar refractivity (Wildman–Crippen MR) is 32.4 cm³/mol. The third kappa shape index (κ3) is 6.05. The SMILES string of the molecule is CC(C)BB(O)O. The van der Waals surface area contributed by atoms with E-state index in [2.05, 4.69) is 0 Å². The van der Waals surface area contributed by atoms with Crippen LogP contribution in [0.4, 0.5) is 0 Å². The molecule has 7 heavy (non-hydrogen) atoms. The third-order valence-corrected chi connectivity index (χ3v) is 0.682. The molecule has 4 heteroatoms. The summed E-state index contributed by atoms with van der Waals surface area (Å²) in [4.78, 5) is 0. The molecule has 0 aliphatic rings. The van der Waals surface area contributed by atoms with Gasteiger partial charge in [-0.2, -0.15) is 0 Å². The lowest BCUT2D eigenvalue weighted by Gasteiger charge is -1.96. The van der Waals surface area contributed by atoms with Crippen LogP contribution in [0.3, 0.4) is 0 Å². The number of hydrogen-bond acceptors (Lipinski definition) is 2. The van der Waals surface area contributed by atoms with Crippen LogP contribution in [0.1, 0.15) is 13.8 Å². The van der Waals surface area contributed by atoms with Crippen LogP contribution in [0.15, 0.2) is 0 Å². The molecule has 0 aromatic rings. The van der Waals surface area contributed by atoms with Gasteiger partial charge in [0.25, 0.3) is 0 Å². The molecule has 0 radical (unpaired) electrons. The molecule has 0 aromatic heterocycles. The van der Waals surface area contributed by atoms with Crippen molar-refractivity contribution >= 4 is 14.2 Å². The van der Waals surface area contributed by atoms with Crippen molar-refractivity contribution in [1.82, 2.24) is 0 Å². The second-order valence-electron chi connectivity index (χ2n) is 2.11. The highest BCUT2D eigenvalue weighted by atomic mass is 16.4. The quantitative estimate of drug-likeness (QED) is 0.446. The lowest BCUT2D eigenvalue weighted by Crippen LogP contribution is -2.23. The first-order chi connectivity index (χ1) is 3.13. The molecule has 40 valence electrons. The van der Waals surface area contributed by atoms with Crippen molar-refractivity contribution in [3.63, 3.8) is 0 Å². The Morgan fingerprint density at radius 1 is 1.43 bits per heavy atom. The normalized spacial score (nSPS) is 9.29. The van der Waals surface area contributed by atoms with Gasteiger partial charge in [0.1, 0.15) is 0 Å². The minimum atomic E-state index is -1.13. The third-order valence-electron chi connectivity index (χ3n) is 0.682. The largest absolute Gasteiger partial charge is 0.434 e. The van der Waals surface area contributed by atoms with Crippen molar-refractivity contribution in [1.29, 1.82) is 0 Å². The molecule has 2 nitrogen and oxygen atoms in total. The van der Waals surface area contributed by atoms with Gasteiger partial charge >= 0.3 is 7.01 Å². The lowest BCUT2D eigenvalue weighted by molar-refractivity contribution is 0.433. The van der Waals surface area contributed by atoms with Gasteiger partial charge in [-0.15, -0.1) is 0 Å². The van der Waals surface area contributed by atoms with Crippen LogP contribution in [-0.4, -0.2) is 24.2 Å². The summed E-state index contributed by atoms with van der Waals surface area (Å²) in [6.45, 7) is 3.89. The molecule has 0 aliphatic heterocycles. The van der Waals surface area contributed by atoms with Crippen LogP contribution < -0.4 is 0 Å². The molecule has 0 fully saturated rings. The van der Waals surface area contributed by atoms with Crippen LogP contribution >= 0.6 is 0 Å². The molecule has 0 spiro atoms. The highest BCUT2D eigenvalue weighted by Gasteiger charge is 2.09. The molecule has 0 aromatic carbocycles.